The van der Waals surface area contributed by atoms with E-state index >= 15 is 0 Å². The maximum Gasteiger partial charge on any atom is 0.326 e. The van der Waals surface area contributed by atoms with Gasteiger partial charge in [0, 0.05) is 17.5 Å². The summed E-state index contributed by atoms with van der Waals surface area (Å²) >= 11 is 0. The summed E-state index contributed by atoms with van der Waals surface area (Å²) in [6, 6.07) is 13.6. The smallest absolute Gasteiger partial charge is 0.326 e. The van der Waals surface area contributed by atoms with Crippen molar-refractivity contribution in [2.24, 2.45) is 5.41 Å². The van der Waals surface area contributed by atoms with Gasteiger partial charge in [0.25, 0.3) is 0 Å². The minimum Gasteiger partial charge on any atom is -0.465 e. The number of rotatable bonds is 4. The van der Waals surface area contributed by atoms with E-state index in [-0.39, 0.29) is 13.0 Å². The van der Waals surface area contributed by atoms with Gasteiger partial charge in [-0.3, -0.25) is 9.78 Å². The number of esters is 1. The molecule has 0 saturated carbocycles. The lowest BCUT2D eigenvalue weighted by atomic mass is 9.87. The molecule has 1 heterocycles. The Kier molecular flexibility index (Phi) is 3.99. The van der Waals surface area contributed by atoms with Gasteiger partial charge in [0.05, 0.1) is 18.2 Å². The Morgan fingerprint density at radius 2 is 2.10 bits per heavy atom. The van der Waals surface area contributed by atoms with Crippen molar-refractivity contribution in [1.82, 2.24) is 4.98 Å². The quantitative estimate of drug-likeness (QED) is 0.800. The zero-order chi connectivity index (χ0) is 14.6. The van der Waals surface area contributed by atoms with E-state index in [0.29, 0.717) is 5.69 Å². The number of hydrogen-bond donors (Lipinski definition) is 0. The number of nitrogens with zero attached hydrogens (tertiary/aromatic N) is 2. The molecule has 0 amide bonds. The second-order valence-electron chi connectivity index (χ2n) is 4.84. The van der Waals surface area contributed by atoms with Crippen molar-refractivity contribution >= 4 is 16.9 Å². The van der Waals surface area contributed by atoms with Gasteiger partial charge in [-0.2, -0.15) is 5.26 Å². The minimum absolute atomic E-state index is 0.243. The molecule has 4 nitrogen and oxygen atoms in total. The van der Waals surface area contributed by atoms with Gasteiger partial charge in [0.1, 0.15) is 0 Å². The van der Waals surface area contributed by atoms with Crippen molar-refractivity contribution < 1.29 is 9.53 Å². The van der Waals surface area contributed by atoms with E-state index in [1.807, 2.05) is 42.5 Å². The lowest BCUT2D eigenvalue weighted by Crippen LogP contribution is -2.31. The van der Waals surface area contributed by atoms with Gasteiger partial charge >= 0.3 is 5.97 Å². The monoisotopic (exact) mass is 268 g/mol. The number of pyridine rings is 1. The average molecular weight is 268 g/mol. The number of fused-ring (bicyclic) bond motifs is 1. The van der Waals surface area contributed by atoms with Crippen LogP contribution in [0.3, 0.4) is 0 Å². The molecule has 0 N–H and O–H groups in total. The van der Waals surface area contributed by atoms with Crippen molar-refractivity contribution in [3.63, 3.8) is 0 Å². The van der Waals surface area contributed by atoms with Crippen LogP contribution in [0.5, 0.6) is 0 Å². The van der Waals surface area contributed by atoms with Gasteiger partial charge in [0.15, 0.2) is 5.41 Å². The van der Waals surface area contributed by atoms with Crippen molar-refractivity contribution in [1.29, 1.82) is 5.26 Å². The molecular weight excluding hydrogens is 252 g/mol. The Morgan fingerprint density at radius 1 is 1.35 bits per heavy atom. The molecule has 102 valence electrons. The fourth-order valence-electron chi connectivity index (χ4n) is 2.02. The summed E-state index contributed by atoms with van der Waals surface area (Å²) in [7, 11) is 0. The number of carbonyl (C=O) groups excluding carboxylic acids is 1. The Hall–Kier alpha value is -2.41. The van der Waals surface area contributed by atoms with Gasteiger partial charge in [0.2, 0.25) is 0 Å². The number of carbonyl (C=O) groups is 1. The fraction of sp³-hybridized carbons (Fsp3) is 0.312. The van der Waals surface area contributed by atoms with Crippen LogP contribution in [0.25, 0.3) is 10.9 Å². The summed E-state index contributed by atoms with van der Waals surface area (Å²) in [4.78, 5) is 16.4. The maximum absolute atomic E-state index is 11.9. The first kappa shape index (κ1) is 14.0. The van der Waals surface area contributed by atoms with E-state index in [9.17, 15) is 10.1 Å². The molecular formula is C16H16N2O2. The van der Waals surface area contributed by atoms with Crippen LogP contribution in [-0.2, 0) is 16.0 Å². The number of para-hydroxylation sites is 1. The fourth-order valence-corrected chi connectivity index (χ4v) is 2.02. The first-order chi connectivity index (χ1) is 9.59. The van der Waals surface area contributed by atoms with E-state index < -0.39 is 11.4 Å². The Balaban J connectivity index is 2.30. The number of nitriles is 1. The highest BCUT2D eigenvalue weighted by Gasteiger charge is 2.35. The lowest BCUT2D eigenvalue weighted by molar-refractivity contribution is -0.151. The first-order valence-corrected chi connectivity index (χ1v) is 6.52. The number of benzene rings is 1. The highest BCUT2D eigenvalue weighted by molar-refractivity contribution is 5.81. The molecule has 0 aliphatic rings. The van der Waals surface area contributed by atoms with Gasteiger partial charge in [-0.05, 0) is 26.0 Å². The largest absolute Gasteiger partial charge is 0.465 e. The zero-order valence-corrected chi connectivity index (χ0v) is 11.6. The standard InChI is InChI=1S/C16H16N2O2/c1-3-20-15(19)16(2,11-17)10-13-9-8-12-6-4-5-7-14(12)18-13/h4-9H,3,10H2,1-2H3. The summed E-state index contributed by atoms with van der Waals surface area (Å²) in [6.45, 7) is 3.58. The molecule has 0 aliphatic carbocycles. The van der Waals surface area contributed by atoms with Crippen LogP contribution in [0, 0.1) is 16.7 Å². The highest BCUT2D eigenvalue weighted by atomic mass is 16.5. The molecule has 1 unspecified atom stereocenters. The Bertz CT molecular complexity index is 675. The average Bonchev–Trinajstić information content (AvgIpc) is 2.47. The minimum atomic E-state index is -1.20. The molecule has 0 radical (unpaired) electrons. The van der Waals surface area contributed by atoms with Crippen LogP contribution in [0.4, 0.5) is 0 Å². The molecule has 0 saturated heterocycles. The first-order valence-electron chi connectivity index (χ1n) is 6.52. The predicted molar refractivity (Wildman–Crippen MR) is 75.8 cm³/mol. The van der Waals surface area contributed by atoms with Crippen molar-refractivity contribution in [2.45, 2.75) is 20.3 Å². The van der Waals surface area contributed by atoms with E-state index in [0.717, 1.165) is 10.9 Å². The van der Waals surface area contributed by atoms with Crippen LogP contribution >= 0.6 is 0 Å². The summed E-state index contributed by atoms with van der Waals surface area (Å²) in [6.07, 6.45) is 0.243. The molecule has 1 aromatic heterocycles. The van der Waals surface area contributed by atoms with Gasteiger partial charge in [-0.1, -0.05) is 24.3 Å². The summed E-state index contributed by atoms with van der Waals surface area (Å²) in [5.41, 5.74) is 0.362. The molecule has 0 fully saturated rings. The summed E-state index contributed by atoms with van der Waals surface area (Å²) < 4.78 is 4.97. The summed E-state index contributed by atoms with van der Waals surface area (Å²) in [5.74, 6) is -0.502. The van der Waals surface area contributed by atoms with E-state index in [2.05, 4.69) is 4.98 Å². The Labute approximate surface area is 118 Å². The van der Waals surface area contributed by atoms with E-state index in [4.69, 9.17) is 4.74 Å². The van der Waals surface area contributed by atoms with Gasteiger partial charge < -0.3 is 4.74 Å². The molecule has 4 heteroatoms. The number of hydrogen-bond acceptors (Lipinski definition) is 4. The normalized spacial score (nSPS) is 13.4. The second-order valence-corrected chi connectivity index (χ2v) is 4.84. The van der Waals surface area contributed by atoms with Crippen LogP contribution in [0.1, 0.15) is 19.5 Å². The molecule has 1 atom stereocenters. The topological polar surface area (TPSA) is 63.0 Å². The third-order valence-corrected chi connectivity index (χ3v) is 3.16. The second kappa shape index (κ2) is 5.70. The van der Waals surface area contributed by atoms with E-state index in [1.54, 1.807) is 13.8 Å². The SMILES string of the molecule is CCOC(=O)C(C)(C#N)Cc1ccc2ccccc2n1. The Morgan fingerprint density at radius 3 is 2.80 bits per heavy atom. The molecule has 0 bridgehead atoms. The van der Waals surface area contributed by atoms with Crippen LogP contribution < -0.4 is 0 Å². The van der Waals surface area contributed by atoms with Crippen molar-refractivity contribution in [2.75, 3.05) is 6.61 Å². The molecule has 1 aromatic carbocycles. The highest BCUT2D eigenvalue weighted by Crippen LogP contribution is 2.24. The third-order valence-electron chi connectivity index (χ3n) is 3.16. The molecule has 0 aliphatic heterocycles. The number of aromatic nitrogens is 1. The van der Waals surface area contributed by atoms with Crippen LogP contribution in [0.15, 0.2) is 36.4 Å². The molecule has 2 aromatic rings. The maximum atomic E-state index is 11.9. The molecule has 20 heavy (non-hydrogen) atoms. The van der Waals surface area contributed by atoms with Crippen molar-refractivity contribution in [3.8, 4) is 6.07 Å². The van der Waals surface area contributed by atoms with Crippen molar-refractivity contribution in [3.05, 3.63) is 42.1 Å². The van der Waals surface area contributed by atoms with Crippen LogP contribution in [-0.4, -0.2) is 17.6 Å². The number of ether oxygens (including phenoxy) is 1. The van der Waals surface area contributed by atoms with Gasteiger partial charge in [-0.15, -0.1) is 0 Å². The lowest BCUT2D eigenvalue weighted by Gasteiger charge is -2.18. The molecule has 2 rings (SSSR count). The molecule has 0 spiro atoms. The third kappa shape index (κ3) is 2.77. The van der Waals surface area contributed by atoms with Crippen LogP contribution in [0.2, 0.25) is 0 Å². The predicted octanol–water partition coefficient (Wildman–Crippen LogP) is 2.87. The van der Waals surface area contributed by atoms with Gasteiger partial charge in [-0.25, -0.2) is 0 Å². The summed E-state index contributed by atoms with van der Waals surface area (Å²) in [5, 5.41) is 10.3. The van der Waals surface area contributed by atoms with E-state index in [1.165, 1.54) is 0 Å². The zero-order valence-electron chi connectivity index (χ0n) is 11.6.